The quantitative estimate of drug-likeness (QED) is 0.676. The van der Waals surface area contributed by atoms with Crippen molar-refractivity contribution in [2.24, 2.45) is 0 Å². The van der Waals surface area contributed by atoms with E-state index in [9.17, 15) is 9.90 Å². The molecule has 2 rings (SSSR count). The van der Waals surface area contributed by atoms with E-state index in [2.05, 4.69) is 10.4 Å². The van der Waals surface area contributed by atoms with Gasteiger partial charge in [0.1, 0.15) is 0 Å². The third-order valence-corrected chi connectivity index (χ3v) is 2.39. The Bertz CT molecular complexity index is 373. The number of aromatic nitrogens is 2. The fraction of sp³-hybridized carbons (Fsp3) is 0.600. The molecule has 0 amide bonds. The zero-order valence-electron chi connectivity index (χ0n) is 8.47. The van der Waals surface area contributed by atoms with Crippen molar-refractivity contribution in [3.8, 4) is 0 Å². The van der Waals surface area contributed by atoms with Crippen molar-refractivity contribution in [3.05, 3.63) is 28.7 Å². The van der Waals surface area contributed by atoms with Crippen LogP contribution in [0.15, 0.2) is 23.1 Å². The first kappa shape index (κ1) is 10.3. The highest BCUT2D eigenvalue weighted by molar-refractivity contribution is 4.86. The Hall–Kier alpha value is -1.20. The summed E-state index contributed by atoms with van der Waals surface area (Å²) in [4.78, 5) is 11.3. The SMILES string of the molecule is O=c1cccnn1CC(O)CNC1CC1. The molecule has 1 aromatic rings. The Morgan fingerprint density at radius 2 is 2.47 bits per heavy atom. The van der Waals surface area contributed by atoms with Crippen molar-refractivity contribution in [1.82, 2.24) is 15.1 Å². The van der Waals surface area contributed by atoms with Gasteiger partial charge in [-0.2, -0.15) is 5.10 Å². The fourth-order valence-corrected chi connectivity index (χ4v) is 1.38. The third-order valence-electron chi connectivity index (χ3n) is 2.39. The summed E-state index contributed by atoms with van der Waals surface area (Å²) in [5.41, 5.74) is -0.178. The highest BCUT2D eigenvalue weighted by Crippen LogP contribution is 2.18. The van der Waals surface area contributed by atoms with Crippen molar-refractivity contribution in [3.63, 3.8) is 0 Å². The van der Waals surface area contributed by atoms with Crippen LogP contribution < -0.4 is 10.9 Å². The zero-order chi connectivity index (χ0) is 10.7. The van der Waals surface area contributed by atoms with Crippen LogP contribution in [0.2, 0.25) is 0 Å². The molecule has 1 fully saturated rings. The molecule has 0 bridgehead atoms. The summed E-state index contributed by atoms with van der Waals surface area (Å²) >= 11 is 0. The minimum absolute atomic E-state index is 0.178. The number of aliphatic hydroxyl groups is 1. The van der Waals surface area contributed by atoms with Crippen LogP contribution in [-0.4, -0.2) is 33.6 Å². The molecule has 1 aromatic heterocycles. The summed E-state index contributed by atoms with van der Waals surface area (Å²) in [5.74, 6) is 0. The van der Waals surface area contributed by atoms with Crippen LogP contribution in [0.3, 0.4) is 0 Å². The summed E-state index contributed by atoms with van der Waals surface area (Å²) in [5, 5.41) is 16.7. The number of nitrogens with one attached hydrogen (secondary N) is 1. The first-order valence-corrected chi connectivity index (χ1v) is 5.19. The third kappa shape index (κ3) is 3.14. The van der Waals surface area contributed by atoms with E-state index in [1.54, 1.807) is 12.3 Å². The highest BCUT2D eigenvalue weighted by Gasteiger charge is 2.21. The molecule has 0 aromatic carbocycles. The zero-order valence-corrected chi connectivity index (χ0v) is 8.47. The molecule has 1 heterocycles. The van der Waals surface area contributed by atoms with Gasteiger partial charge in [0.25, 0.3) is 5.56 Å². The van der Waals surface area contributed by atoms with Crippen LogP contribution in [0.25, 0.3) is 0 Å². The van der Waals surface area contributed by atoms with Crippen molar-refractivity contribution in [2.75, 3.05) is 6.54 Å². The van der Waals surface area contributed by atoms with Crippen LogP contribution in [0.1, 0.15) is 12.8 Å². The van der Waals surface area contributed by atoms with Crippen molar-refractivity contribution < 1.29 is 5.11 Å². The number of nitrogens with zero attached hydrogens (tertiary/aromatic N) is 2. The molecule has 1 unspecified atom stereocenters. The standard InChI is InChI=1S/C10H15N3O2/c14-9(6-11-8-3-4-8)7-13-10(15)2-1-5-12-13/h1-2,5,8-9,11,14H,3-4,6-7H2. The van der Waals surface area contributed by atoms with E-state index >= 15 is 0 Å². The van der Waals surface area contributed by atoms with Gasteiger partial charge in [0.05, 0.1) is 12.6 Å². The molecule has 0 aliphatic heterocycles. The first-order valence-electron chi connectivity index (χ1n) is 5.19. The fourth-order valence-electron chi connectivity index (χ4n) is 1.38. The molecule has 1 saturated carbocycles. The van der Waals surface area contributed by atoms with Crippen LogP contribution in [-0.2, 0) is 6.54 Å². The van der Waals surface area contributed by atoms with E-state index in [0.29, 0.717) is 12.6 Å². The molecule has 1 atom stereocenters. The second kappa shape index (κ2) is 4.55. The normalized spacial score (nSPS) is 17.7. The lowest BCUT2D eigenvalue weighted by molar-refractivity contribution is 0.144. The molecule has 82 valence electrons. The van der Waals surface area contributed by atoms with Crippen LogP contribution in [0.4, 0.5) is 0 Å². The lowest BCUT2D eigenvalue weighted by atomic mass is 10.3. The molecule has 5 nitrogen and oxygen atoms in total. The van der Waals surface area contributed by atoms with E-state index in [0.717, 1.165) is 0 Å². The Kier molecular flexibility index (Phi) is 3.13. The molecule has 1 aliphatic carbocycles. The molecular weight excluding hydrogens is 194 g/mol. The van der Waals surface area contributed by atoms with Gasteiger partial charge in [-0.25, -0.2) is 4.68 Å². The molecule has 0 saturated heterocycles. The predicted molar refractivity (Wildman–Crippen MR) is 55.5 cm³/mol. The van der Waals surface area contributed by atoms with Gasteiger partial charge < -0.3 is 10.4 Å². The number of hydrogen-bond donors (Lipinski definition) is 2. The molecule has 2 N–H and O–H groups in total. The van der Waals surface area contributed by atoms with Gasteiger partial charge in [-0.05, 0) is 18.9 Å². The van der Waals surface area contributed by atoms with Crippen molar-refractivity contribution in [2.45, 2.75) is 31.5 Å². The average Bonchev–Trinajstić information content (AvgIpc) is 3.02. The smallest absolute Gasteiger partial charge is 0.266 e. The van der Waals surface area contributed by atoms with Gasteiger partial charge in [-0.3, -0.25) is 4.79 Å². The van der Waals surface area contributed by atoms with Crippen LogP contribution in [0, 0.1) is 0 Å². The van der Waals surface area contributed by atoms with E-state index in [4.69, 9.17) is 0 Å². The number of hydrogen-bond acceptors (Lipinski definition) is 4. The van der Waals surface area contributed by atoms with Gasteiger partial charge in [-0.15, -0.1) is 0 Å². The summed E-state index contributed by atoms with van der Waals surface area (Å²) in [6.07, 6.45) is 3.37. The Labute approximate surface area is 87.7 Å². The first-order chi connectivity index (χ1) is 7.25. The summed E-state index contributed by atoms with van der Waals surface area (Å²) in [6, 6.07) is 3.60. The number of rotatable bonds is 5. The maximum Gasteiger partial charge on any atom is 0.266 e. The second-order valence-electron chi connectivity index (χ2n) is 3.88. The molecular formula is C10H15N3O2. The highest BCUT2D eigenvalue weighted by atomic mass is 16.3. The summed E-state index contributed by atoms with van der Waals surface area (Å²) in [6.45, 7) is 0.771. The largest absolute Gasteiger partial charge is 0.390 e. The van der Waals surface area contributed by atoms with E-state index < -0.39 is 6.10 Å². The average molecular weight is 209 g/mol. The van der Waals surface area contributed by atoms with Crippen molar-refractivity contribution in [1.29, 1.82) is 0 Å². The Balaban J connectivity index is 1.84. The molecule has 1 aliphatic rings. The van der Waals surface area contributed by atoms with E-state index in [1.165, 1.54) is 23.6 Å². The minimum Gasteiger partial charge on any atom is -0.390 e. The molecule has 15 heavy (non-hydrogen) atoms. The number of aliphatic hydroxyl groups excluding tert-OH is 1. The summed E-state index contributed by atoms with van der Waals surface area (Å²) < 4.78 is 1.28. The van der Waals surface area contributed by atoms with Gasteiger partial charge in [-0.1, -0.05) is 0 Å². The Morgan fingerprint density at radius 3 is 3.13 bits per heavy atom. The van der Waals surface area contributed by atoms with Gasteiger partial charge >= 0.3 is 0 Å². The van der Waals surface area contributed by atoms with E-state index in [1.807, 2.05) is 0 Å². The lowest BCUT2D eigenvalue weighted by Crippen LogP contribution is -2.35. The molecule has 0 radical (unpaired) electrons. The predicted octanol–water partition coefficient (Wildman–Crippen LogP) is -0.644. The van der Waals surface area contributed by atoms with Crippen molar-refractivity contribution >= 4 is 0 Å². The molecule has 0 spiro atoms. The maximum absolute atomic E-state index is 11.3. The van der Waals surface area contributed by atoms with Gasteiger partial charge in [0.15, 0.2) is 0 Å². The maximum atomic E-state index is 11.3. The monoisotopic (exact) mass is 209 g/mol. The lowest BCUT2D eigenvalue weighted by Gasteiger charge is -2.11. The van der Waals surface area contributed by atoms with Crippen LogP contribution in [0.5, 0.6) is 0 Å². The molecule has 5 heteroatoms. The van der Waals surface area contributed by atoms with E-state index in [-0.39, 0.29) is 12.1 Å². The van der Waals surface area contributed by atoms with Gasteiger partial charge in [0, 0.05) is 24.8 Å². The minimum atomic E-state index is -0.557. The Morgan fingerprint density at radius 1 is 1.67 bits per heavy atom. The second-order valence-corrected chi connectivity index (χ2v) is 3.88. The topological polar surface area (TPSA) is 67.2 Å². The van der Waals surface area contributed by atoms with Gasteiger partial charge in [0.2, 0.25) is 0 Å². The van der Waals surface area contributed by atoms with Crippen LogP contribution >= 0.6 is 0 Å². The summed E-state index contributed by atoms with van der Waals surface area (Å²) in [7, 11) is 0.